The van der Waals surface area contributed by atoms with E-state index in [0.717, 1.165) is 9.80 Å². The molecule has 8 N–H and O–H groups in total. The maximum atomic E-state index is 14.2. The van der Waals surface area contributed by atoms with Crippen molar-refractivity contribution in [2.45, 2.75) is 170 Å². The normalized spacial score (nSPS) is 18.2. The van der Waals surface area contributed by atoms with Crippen molar-refractivity contribution in [2.75, 3.05) is 34.8 Å². The van der Waals surface area contributed by atoms with Gasteiger partial charge in [-0.1, -0.05) is 62.3 Å². The number of aliphatic hydroxyl groups is 1. The number of primary amides is 1. The molecule has 22 heteroatoms. The zero-order valence-electron chi connectivity index (χ0n) is 43.1. The summed E-state index contributed by atoms with van der Waals surface area (Å²) in [6, 6.07) is -10.8. The molecule has 22 nitrogen and oxygen atoms in total. The number of carbonyl (C=O) groups is 10. The summed E-state index contributed by atoms with van der Waals surface area (Å²) in [5.41, 5.74) is 5.23. The third kappa shape index (κ3) is 17.9. The molecule has 1 fully saturated rings. The number of imide groups is 2. The number of nitrogens with two attached hydrogens (primary N) is 1. The molecule has 0 bridgehead atoms. The second kappa shape index (κ2) is 27.6. The fourth-order valence-corrected chi connectivity index (χ4v) is 7.50. The van der Waals surface area contributed by atoms with Crippen LogP contribution < -0.4 is 32.3 Å². The van der Waals surface area contributed by atoms with E-state index in [4.69, 9.17) is 10.5 Å². The minimum atomic E-state index is -1.67. The number of likely N-dealkylation sites (N-methyl/N-ethyl adjacent to an activating group) is 4. The van der Waals surface area contributed by atoms with Gasteiger partial charge in [0, 0.05) is 41.2 Å². The predicted molar refractivity (Wildman–Crippen MR) is 253 cm³/mol. The molecule has 0 unspecified atom stereocenters. The number of carbonyl (C=O) groups excluding carboxylic acids is 10. The summed E-state index contributed by atoms with van der Waals surface area (Å²) >= 11 is 0. The Morgan fingerprint density at radius 2 is 1.15 bits per heavy atom. The van der Waals surface area contributed by atoms with Gasteiger partial charge in [-0.25, -0.2) is 9.59 Å². The van der Waals surface area contributed by atoms with Gasteiger partial charge in [-0.15, -0.1) is 0 Å². The number of amides is 12. The Kier molecular flexibility index (Phi) is 24.6. The van der Waals surface area contributed by atoms with Crippen LogP contribution in [-0.4, -0.2) is 173 Å². The first-order valence-electron chi connectivity index (χ1n) is 23.5. The summed E-state index contributed by atoms with van der Waals surface area (Å²) in [5.74, 6) is -6.69. The molecule has 0 aliphatic carbocycles. The number of aliphatic hydroxyl groups excluding tert-OH is 1. The molecule has 10 atom stereocenters. The monoisotopic (exact) mass is 967 g/mol. The fourth-order valence-electron chi connectivity index (χ4n) is 7.50. The van der Waals surface area contributed by atoms with Gasteiger partial charge < -0.3 is 51.5 Å². The maximum absolute atomic E-state index is 14.2. The van der Waals surface area contributed by atoms with E-state index < -0.39 is 114 Å². The maximum Gasteiger partial charge on any atom is 0.324 e. The fraction of sp³-hybridized carbons (Fsp3) is 0.783. The van der Waals surface area contributed by atoms with Crippen molar-refractivity contribution in [3.05, 3.63) is 0 Å². The summed E-state index contributed by atoms with van der Waals surface area (Å²) in [7, 11) is 5.31. The highest BCUT2D eigenvalue weighted by Crippen LogP contribution is 2.26. The lowest BCUT2D eigenvalue weighted by Gasteiger charge is -2.35. The van der Waals surface area contributed by atoms with Gasteiger partial charge in [0.1, 0.15) is 42.3 Å². The molecule has 1 rings (SSSR count). The first-order valence-corrected chi connectivity index (χ1v) is 23.5. The zero-order chi connectivity index (χ0) is 52.7. The molecule has 0 spiro atoms. The number of ether oxygens (including phenoxy) is 1. The van der Waals surface area contributed by atoms with Crippen molar-refractivity contribution < 1.29 is 57.8 Å². The van der Waals surface area contributed by atoms with E-state index in [1.54, 1.807) is 13.8 Å². The Bertz CT molecular complexity index is 1790. The number of urea groups is 2. The van der Waals surface area contributed by atoms with Crippen molar-refractivity contribution in [3.8, 4) is 0 Å². The molecule has 1 aliphatic rings. The van der Waals surface area contributed by atoms with Gasteiger partial charge in [0.15, 0.2) is 0 Å². The number of hydrogen-bond acceptors (Lipinski definition) is 12. The van der Waals surface area contributed by atoms with Gasteiger partial charge in [-0.05, 0) is 76.0 Å². The van der Waals surface area contributed by atoms with Crippen LogP contribution in [-0.2, 0) is 43.1 Å². The lowest BCUT2D eigenvalue weighted by Crippen LogP contribution is -2.63. The van der Waals surface area contributed by atoms with Crippen LogP contribution in [0.3, 0.4) is 0 Å². The van der Waals surface area contributed by atoms with Crippen LogP contribution in [0.25, 0.3) is 0 Å². The summed E-state index contributed by atoms with van der Waals surface area (Å²) in [4.78, 5) is 138. The number of nitrogens with one attached hydrogen (secondary N) is 5. The van der Waals surface area contributed by atoms with Gasteiger partial charge >= 0.3 is 12.1 Å². The van der Waals surface area contributed by atoms with E-state index in [-0.39, 0.29) is 55.4 Å². The van der Waals surface area contributed by atoms with Crippen LogP contribution in [0.2, 0.25) is 0 Å². The second-order valence-electron chi connectivity index (χ2n) is 19.8. The SMILES string of the molecule is CC(C)CCC(=O)N(C)[C@@H](CC(C)C)C(=O)NC(=O)N(C)[C@H](C(=O)N[C@H](C(=O)N[C@H](C)C(=O)N(C)[C@@H](CC(C)C)C(=O)N[C@H](C(=O)N(C)C(=O)N[C@@H](C)C(N)=O)C(C)C)[C@@H](C)O)[C@@H]1OCC[C@H]1C. The van der Waals surface area contributed by atoms with Gasteiger partial charge in [-0.3, -0.25) is 48.6 Å². The first kappa shape index (κ1) is 60.6. The van der Waals surface area contributed by atoms with Crippen LogP contribution in [0.5, 0.6) is 0 Å². The van der Waals surface area contributed by atoms with E-state index in [1.165, 1.54) is 53.9 Å². The smallest absolute Gasteiger partial charge is 0.324 e. The van der Waals surface area contributed by atoms with E-state index in [2.05, 4.69) is 26.6 Å². The van der Waals surface area contributed by atoms with Gasteiger partial charge in [0.2, 0.25) is 35.4 Å². The summed E-state index contributed by atoms with van der Waals surface area (Å²) in [6.07, 6.45) is -0.689. The van der Waals surface area contributed by atoms with Crippen LogP contribution in [0.15, 0.2) is 0 Å². The van der Waals surface area contributed by atoms with Gasteiger partial charge in [-0.2, -0.15) is 0 Å². The highest BCUT2D eigenvalue weighted by atomic mass is 16.5. The van der Waals surface area contributed by atoms with Crippen molar-refractivity contribution in [1.29, 1.82) is 0 Å². The summed E-state index contributed by atoms with van der Waals surface area (Å²) in [5, 5.41) is 23.1. The van der Waals surface area contributed by atoms with Gasteiger partial charge in [0.05, 0.1) is 12.2 Å². The molecule has 388 valence electrons. The largest absolute Gasteiger partial charge is 0.391 e. The third-order valence-electron chi connectivity index (χ3n) is 12.0. The van der Waals surface area contributed by atoms with E-state index in [9.17, 15) is 53.1 Å². The quantitative estimate of drug-likeness (QED) is 0.0703. The molecule has 1 heterocycles. The molecule has 0 aromatic heterocycles. The predicted octanol–water partition coefficient (Wildman–Crippen LogP) is 0.683. The van der Waals surface area contributed by atoms with Crippen LogP contribution in [0.4, 0.5) is 9.59 Å². The van der Waals surface area contributed by atoms with E-state index in [0.29, 0.717) is 17.7 Å². The number of hydrogen-bond donors (Lipinski definition) is 7. The minimum Gasteiger partial charge on any atom is -0.391 e. The zero-order valence-corrected chi connectivity index (χ0v) is 43.1. The number of rotatable bonds is 24. The molecule has 0 saturated carbocycles. The van der Waals surface area contributed by atoms with Crippen LogP contribution in [0, 0.1) is 29.6 Å². The van der Waals surface area contributed by atoms with Crippen molar-refractivity contribution in [1.82, 2.24) is 46.2 Å². The Balaban J connectivity index is 3.34. The molecule has 0 radical (unpaired) electrons. The minimum absolute atomic E-state index is 0.0236. The molecule has 12 amide bonds. The van der Waals surface area contributed by atoms with Crippen molar-refractivity contribution in [3.63, 3.8) is 0 Å². The second-order valence-corrected chi connectivity index (χ2v) is 19.8. The average molecular weight is 967 g/mol. The average Bonchev–Trinajstić information content (AvgIpc) is 3.66. The van der Waals surface area contributed by atoms with Crippen LogP contribution >= 0.6 is 0 Å². The van der Waals surface area contributed by atoms with Crippen molar-refractivity contribution >= 4 is 59.3 Å². The summed E-state index contributed by atoms with van der Waals surface area (Å²) < 4.78 is 5.91. The Morgan fingerprint density at radius 1 is 0.618 bits per heavy atom. The lowest BCUT2D eigenvalue weighted by atomic mass is 9.95. The van der Waals surface area contributed by atoms with Crippen molar-refractivity contribution in [2.24, 2.45) is 35.3 Å². The lowest BCUT2D eigenvalue weighted by molar-refractivity contribution is -0.144. The Labute approximate surface area is 402 Å². The topological polar surface area (TPSA) is 299 Å². The van der Waals surface area contributed by atoms with Gasteiger partial charge in [0.25, 0.3) is 11.8 Å². The molecule has 1 saturated heterocycles. The van der Waals surface area contributed by atoms with E-state index >= 15 is 0 Å². The molecular formula is C46H82N10O12. The van der Waals surface area contributed by atoms with E-state index in [1.807, 2.05) is 48.5 Å². The summed E-state index contributed by atoms with van der Waals surface area (Å²) in [6.45, 7) is 20.6. The molecule has 0 aromatic carbocycles. The third-order valence-corrected chi connectivity index (χ3v) is 12.0. The standard InChI is InChI=1S/C46H82N10O12/c1-23(2)17-18-33(58)53(13)31(21-24(3)4)40(61)52-46(67)55(15)36(37-27(9)19-20-68-37)42(63)51-35(30(12)57)41(62)48-29(11)43(64)54(14)32(22-25(5)6)39(60)50-34(26(7)8)44(65)56(16)45(66)49-28(10)38(47)59/h23-32,34-37,57H,17-22H2,1-16H3,(H2,47,59)(H,48,62)(H,49,66)(H,50,60)(H,51,63)(H,52,61,67)/t27-,28+,29-,30-,31+,32+,34+,35+,36+,37-/m1/s1. The molecular weight excluding hydrogens is 885 g/mol. The first-order chi connectivity index (χ1) is 31.3. The molecule has 68 heavy (non-hydrogen) atoms. The molecule has 0 aromatic rings. The number of nitrogens with zero attached hydrogens (tertiary/aromatic N) is 4. The Morgan fingerprint density at radius 3 is 1.60 bits per heavy atom. The highest BCUT2D eigenvalue weighted by Gasteiger charge is 2.44. The Hall–Kier alpha value is -5.38. The highest BCUT2D eigenvalue weighted by molar-refractivity contribution is 6.02. The molecule has 1 aliphatic heterocycles. The van der Waals surface area contributed by atoms with Crippen LogP contribution in [0.1, 0.15) is 115 Å².